The molecule has 2 amide bonds. The number of rotatable bonds is 6. The van der Waals surface area contributed by atoms with Crippen molar-refractivity contribution in [2.75, 3.05) is 19.5 Å². The lowest BCUT2D eigenvalue weighted by molar-refractivity contribution is -0.127. The van der Waals surface area contributed by atoms with Crippen molar-refractivity contribution in [3.63, 3.8) is 0 Å². The molecule has 1 saturated heterocycles. The van der Waals surface area contributed by atoms with Gasteiger partial charge in [-0.3, -0.25) is 14.6 Å². The lowest BCUT2D eigenvalue weighted by Crippen LogP contribution is -2.34. The highest BCUT2D eigenvalue weighted by molar-refractivity contribution is 5.97. The lowest BCUT2D eigenvalue weighted by atomic mass is 9.87. The average molecular weight is 421 g/mol. The Hall–Kier alpha value is -3.11. The highest BCUT2D eigenvalue weighted by atomic mass is 19.2. The lowest BCUT2D eigenvalue weighted by Gasteiger charge is -2.24. The Morgan fingerprint density at radius 2 is 1.97 bits per heavy atom. The molecule has 0 spiro atoms. The molecule has 3 N–H and O–H groups in total. The van der Waals surface area contributed by atoms with Crippen molar-refractivity contribution in [2.45, 2.75) is 31.2 Å². The van der Waals surface area contributed by atoms with Crippen LogP contribution in [-0.2, 0) is 14.3 Å². The number of nitrogens with zero attached hydrogens (tertiary/aromatic N) is 1. The topological polar surface area (TPSA) is 113 Å². The molecule has 4 atom stereocenters. The third-order valence-corrected chi connectivity index (χ3v) is 4.96. The monoisotopic (exact) mass is 421 g/mol. The number of ether oxygens (including phenoxy) is 3. The van der Waals surface area contributed by atoms with Crippen molar-refractivity contribution in [3.05, 3.63) is 53.4 Å². The molecule has 1 aliphatic heterocycles. The Labute approximate surface area is 171 Å². The highest BCUT2D eigenvalue weighted by Gasteiger charge is 2.48. The van der Waals surface area contributed by atoms with Crippen molar-refractivity contribution in [2.24, 2.45) is 5.73 Å². The maximum absolute atomic E-state index is 14.3. The van der Waals surface area contributed by atoms with Gasteiger partial charge in [-0.1, -0.05) is 6.07 Å². The summed E-state index contributed by atoms with van der Waals surface area (Å²) in [6, 6.07) is 5.09. The minimum Gasteiger partial charge on any atom is -0.493 e. The summed E-state index contributed by atoms with van der Waals surface area (Å²) in [4.78, 5) is 28.1. The van der Waals surface area contributed by atoms with Gasteiger partial charge in [0.2, 0.25) is 5.82 Å². The SMILES string of the molecule is COc1c([C@@H]2[C@H](OC)[C@H](C)O[C@H]2C(=O)Nc2ccnc(C(N)=O)c2)ccc(F)c1F. The van der Waals surface area contributed by atoms with E-state index in [4.69, 9.17) is 19.9 Å². The van der Waals surface area contributed by atoms with Crippen molar-refractivity contribution in [3.8, 4) is 5.75 Å². The molecule has 8 nitrogen and oxygen atoms in total. The number of methoxy groups -OCH3 is 2. The van der Waals surface area contributed by atoms with Gasteiger partial charge in [0.05, 0.1) is 25.2 Å². The first kappa shape index (κ1) is 21.6. The summed E-state index contributed by atoms with van der Waals surface area (Å²) in [6.45, 7) is 1.71. The Kier molecular flexibility index (Phi) is 6.28. The first-order valence-electron chi connectivity index (χ1n) is 9.05. The van der Waals surface area contributed by atoms with E-state index in [0.29, 0.717) is 0 Å². The van der Waals surface area contributed by atoms with Crippen LogP contribution in [0.5, 0.6) is 5.75 Å². The molecule has 0 aliphatic carbocycles. The van der Waals surface area contributed by atoms with Crippen LogP contribution in [-0.4, -0.2) is 49.3 Å². The number of hydrogen-bond acceptors (Lipinski definition) is 6. The van der Waals surface area contributed by atoms with Crippen molar-refractivity contribution < 1.29 is 32.6 Å². The Balaban J connectivity index is 1.97. The van der Waals surface area contributed by atoms with Gasteiger partial charge in [-0.2, -0.15) is 4.39 Å². The molecule has 0 radical (unpaired) electrons. The third kappa shape index (κ3) is 3.96. The van der Waals surface area contributed by atoms with Gasteiger partial charge in [-0.15, -0.1) is 0 Å². The normalized spacial score (nSPS) is 23.2. The van der Waals surface area contributed by atoms with Crippen LogP contribution < -0.4 is 15.8 Å². The van der Waals surface area contributed by atoms with E-state index in [1.807, 2.05) is 0 Å². The molecular weight excluding hydrogens is 400 g/mol. The Morgan fingerprint density at radius 3 is 2.60 bits per heavy atom. The van der Waals surface area contributed by atoms with Crippen LogP contribution in [0.2, 0.25) is 0 Å². The van der Waals surface area contributed by atoms with E-state index in [1.54, 1.807) is 6.92 Å². The van der Waals surface area contributed by atoms with E-state index >= 15 is 0 Å². The van der Waals surface area contributed by atoms with E-state index in [0.717, 1.165) is 6.07 Å². The molecule has 3 rings (SSSR count). The van der Waals surface area contributed by atoms with E-state index in [9.17, 15) is 18.4 Å². The van der Waals surface area contributed by atoms with Gasteiger partial charge in [0.1, 0.15) is 11.8 Å². The van der Waals surface area contributed by atoms with Gasteiger partial charge in [0.25, 0.3) is 11.8 Å². The molecule has 1 aromatic heterocycles. The largest absolute Gasteiger partial charge is 0.493 e. The molecular formula is C20H21F2N3O5. The van der Waals surface area contributed by atoms with Gasteiger partial charge in [0, 0.05) is 24.6 Å². The number of primary amides is 1. The van der Waals surface area contributed by atoms with Gasteiger partial charge in [-0.05, 0) is 25.1 Å². The van der Waals surface area contributed by atoms with E-state index in [1.165, 1.54) is 38.6 Å². The van der Waals surface area contributed by atoms with Crippen LogP contribution in [0.15, 0.2) is 30.5 Å². The predicted octanol–water partition coefficient (Wildman–Crippen LogP) is 1.99. The van der Waals surface area contributed by atoms with Gasteiger partial charge < -0.3 is 25.3 Å². The number of halogens is 2. The second-order valence-corrected chi connectivity index (χ2v) is 6.76. The van der Waals surface area contributed by atoms with Crippen molar-refractivity contribution in [1.82, 2.24) is 4.98 Å². The molecule has 0 unspecified atom stereocenters. The number of hydrogen-bond donors (Lipinski definition) is 2. The number of carbonyl (C=O) groups excluding carboxylic acids is 2. The minimum absolute atomic E-state index is 0.0258. The zero-order chi connectivity index (χ0) is 22.0. The maximum Gasteiger partial charge on any atom is 0.267 e. The summed E-state index contributed by atoms with van der Waals surface area (Å²) in [6.07, 6.45) is -0.930. The molecule has 1 fully saturated rings. The predicted molar refractivity (Wildman–Crippen MR) is 102 cm³/mol. The minimum atomic E-state index is -1.16. The molecule has 2 heterocycles. The number of aromatic nitrogens is 1. The number of anilines is 1. The van der Waals surface area contributed by atoms with Crippen molar-refractivity contribution in [1.29, 1.82) is 0 Å². The summed E-state index contributed by atoms with van der Waals surface area (Å²) in [7, 11) is 2.64. The molecule has 1 aliphatic rings. The fourth-order valence-corrected chi connectivity index (χ4v) is 3.63. The van der Waals surface area contributed by atoms with E-state index < -0.39 is 47.7 Å². The number of carbonyl (C=O) groups is 2. The van der Waals surface area contributed by atoms with Gasteiger partial charge in [0.15, 0.2) is 11.6 Å². The van der Waals surface area contributed by atoms with Gasteiger partial charge >= 0.3 is 0 Å². The molecule has 1 aromatic carbocycles. The quantitative estimate of drug-likeness (QED) is 0.738. The van der Waals surface area contributed by atoms with Crippen LogP contribution in [0, 0.1) is 11.6 Å². The van der Waals surface area contributed by atoms with Crippen LogP contribution in [0.4, 0.5) is 14.5 Å². The second kappa shape index (κ2) is 8.72. The first-order chi connectivity index (χ1) is 14.3. The second-order valence-electron chi connectivity index (χ2n) is 6.76. The fourth-order valence-electron chi connectivity index (χ4n) is 3.63. The van der Waals surface area contributed by atoms with Crippen molar-refractivity contribution >= 4 is 17.5 Å². The number of nitrogens with one attached hydrogen (secondary N) is 1. The highest BCUT2D eigenvalue weighted by Crippen LogP contribution is 2.42. The Bertz CT molecular complexity index is 971. The summed E-state index contributed by atoms with van der Waals surface area (Å²) in [5.41, 5.74) is 5.70. The summed E-state index contributed by atoms with van der Waals surface area (Å²) in [5.74, 6) is -4.66. The zero-order valence-corrected chi connectivity index (χ0v) is 16.5. The number of nitrogens with two attached hydrogens (primary N) is 1. The molecule has 2 aromatic rings. The molecule has 30 heavy (non-hydrogen) atoms. The smallest absolute Gasteiger partial charge is 0.267 e. The molecule has 160 valence electrons. The Morgan fingerprint density at radius 1 is 1.23 bits per heavy atom. The maximum atomic E-state index is 14.3. The molecule has 0 saturated carbocycles. The number of pyridine rings is 1. The zero-order valence-electron chi connectivity index (χ0n) is 16.5. The van der Waals surface area contributed by atoms with Crippen LogP contribution in [0.1, 0.15) is 28.9 Å². The van der Waals surface area contributed by atoms with Crippen LogP contribution >= 0.6 is 0 Å². The standard InChI is InChI=1S/C20H21F2N3O5/c1-9-16(28-2)14(11-4-5-12(21)15(22)17(11)29-3)18(30-9)20(27)25-10-6-7-24-13(8-10)19(23)26/h4-9,14,16,18H,1-3H3,(H2,23,26)(H,24,25,27)/t9-,14+,16+,18+/m0/s1. The number of amides is 2. The third-order valence-electron chi connectivity index (χ3n) is 4.96. The molecule has 10 heteroatoms. The summed E-state index contributed by atoms with van der Waals surface area (Å²) < 4.78 is 44.4. The first-order valence-corrected chi connectivity index (χ1v) is 9.05. The summed E-state index contributed by atoms with van der Waals surface area (Å²) >= 11 is 0. The average Bonchev–Trinajstić information content (AvgIpc) is 3.06. The number of benzene rings is 1. The van der Waals surface area contributed by atoms with Crippen LogP contribution in [0.25, 0.3) is 0 Å². The summed E-state index contributed by atoms with van der Waals surface area (Å²) in [5, 5.41) is 2.63. The fraction of sp³-hybridized carbons (Fsp3) is 0.350. The van der Waals surface area contributed by atoms with E-state index in [-0.39, 0.29) is 22.7 Å². The van der Waals surface area contributed by atoms with E-state index in [2.05, 4.69) is 10.3 Å². The van der Waals surface area contributed by atoms with Gasteiger partial charge in [-0.25, -0.2) is 4.39 Å². The molecule has 0 bridgehead atoms. The van der Waals surface area contributed by atoms with Crippen LogP contribution in [0.3, 0.4) is 0 Å².